The fraction of sp³-hybridized carbons (Fsp3) is 0.400. The van der Waals surface area contributed by atoms with Gasteiger partial charge in [-0.2, -0.15) is 0 Å². The van der Waals surface area contributed by atoms with E-state index in [4.69, 9.17) is 10.8 Å². The van der Waals surface area contributed by atoms with Gasteiger partial charge in [0, 0.05) is 17.3 Å². The molecule has 94 valence electrons. The van der Waals surface area contributed by atoms with Crippen LogP contribution >= 0.6 is 0 Å². The van der Waals surface area contributed by atoms with Crippen LogP contribution < -0.4 is 5.73 Å². The molecule has 0 spiro atoms. The van der Waals surface area contributed by atoms with Gasteiger partial charge >= 0.3 is 5.97 Å². The highest BCUT2D eigenvalue weighted by molar-refractivity contribution is 5.75. The molecule has 0 radical (unpaired) electrons. The largest absolute Gasteiger partial charge is 0.467 e. The van der Waals surface area contributed by atoms with E-state index in [9.17, 15) is 15.0 Å². The number of ether oxygens (including phenoxy) is 1. The number of nitrogens with zero attached hydrogens (tertiary/aromatic N) is 1. The molecule has 7 heteroatoms. The molecule has 1 aromatic heterocycles. The van der Waals surface area contributed by atoms with Crippen LogP contribution in [0.15, 0.2) is 12.3 Å². The Morgan fingerprint density at radius 2 is 2.24 bits per heavy atom. The van der Waals surface area contributed by atoms with Crippen molar-refractivity contribution in [3.05, 3.63) is 23.4 Å². The number of hydrogen-bond donors (Lipinski definition) is 4. The number of nitrogen functional groups attached to an aromatic ring is 1. The lowest BCUT2D eigenvalue weighted by molar-refractivity contribution is -0.156. The quantitative estimate of drug-likeness (QED) is 0.484. The summed E-state index contributed by atoms with van der Waals surface area (Å²) < 4.78 is 4.29. The molecule has 2 unspecified atom stereocenters. The zero-order valence-electron chi connectivity index (χ0n) is 9.20. The van der Waals surface area contributed by atoms with Gasteiger partial charge in [0.05, 0.1) is 13.7 Å². The maximum Gasteiger partial charge on any atom is 0.337 e. The van der Waals surface area contributed by atoms with Gasteiger partial charge < -0.3 is 25.8 Å². The van der Waals surface area contributed by atoms with E-state index in [1.165, 1.54) is 12.3 Å². The number of carbonyl (C=O) groups excluding carboxylic acids is 1. The Bertz CT molecular complexity index is 410. The topological polar surface area (TPSA) is 126 Å². The number of nitrogens with two attached hydrogens (primary N) is 1. The van der Waals surface area contributed by atoms with Crippen molar-refractivity contribution in [3.8, 4) is 0 Å². The van der Waals surface area contributed by atoms with Crippen molar-refractivity contribution in [3.63, 3.8) is 0 Å². The van der Waals surface area contributed by atoms with Crippen molar-refractivity contribution in [1.29, 1.82) is 0 Å². The highest BCUT2D eigenvalue weighted by atomic mass is 16.5. The summed E-state index contributed by atoms with van der Waals surface area (Å²) in [6, 6.07) is 1.36. The van der Waals surface area contributed by atoms with Crippen LogP contribution in [-0.2, 0) is 16.1 Å². The molecule has 0 fully saturated rings. The van der Waals surface area contributed by atoms with Crippen molar-refractivity contribution in [1.82, 2.24) is 4.98 Å². The average molecular weight is 242 g/mol. The number of aliphatic hydroxyl groups excluding tert-OH is 3. The molecule has 0 bridgehead atoms. The van der Waals surface area contributed by atoms with Gasteiger partial charge in [-0.15, -0.1) is 0 Å². The molecule has 0 aliphatic rings. The maximum absolute atomic E-state index is 11.0. The summed E-state index contributed by atoms with van der Waals surface area (Å²) in [4.78, 5) is 14.8. The third kappa shape index (κ3) is 2.90. The molecule has 17 heavy (non-hydrogen) atoms. The third-order valence-corrected chi connectivity index (χ3v) is 2.28. The lowest BCUT2D eigenvalue weighted by Gasteiger charge is -2.16. The standard InChI is InChI=1S/C10H14N2O5/c1-17-10(16)8(15)7(14)5-2-6(4-13)9(11)12-3-5/h2-3,7-8,13-15H,4H2,1H3,(H2,11,12). The summed E-state index contributed by atoms with van der Waals surface area (Å²) in [5.41, 5.74) is 5.93. The van der Waals surface area contributed by atoms with Crippen LogP contribution in [0.4, 0.5) is 5.82 Å². The van der Waals surface area contributed by atoms with E-state index in [-0.39, 0.29) is 18.0 Å². The molecular formula is C10H14N2O5. The smallest absolute Gasteiger partial charge is 0.337 e. The monoisotopic (exact) mass is 242 g/mol. The Morgan fingerprint density at radius 3 is 2.76 bits per heavy atom. The van der Waals surface area contributed by atoms with Gasteiger partial charge in [0.15, 0.2) is 6.10 Å². The van der Waals surface area contributed by atoms with Crippen molar-refractivity contribution in [2.45, 2.75) is 18.8 Å². The van der Waals surface area contributed by atoms with Gasteiger partial charge in [-0.25, -0.2) is 9.78 Å². The summed E-state index contributed by atoms with van der Waals surface area (Å²) in [6.45, 7) is -0.353. The van der Waals surface area contributed by atoms with Crippen LogP contribution in [0, 0.1) is 0 Å². The molecule has 0 aromatic carbocycles. The van der Waals surface area contributed by atoms with Crippen molar-refractivity contribution in [2.24, 2.45) is 0 Å². The molecule has 1 rings (SSSR count). The molecule has 1 aromatic rings. The summed E-state index contributed by atoms with van der Waals surface area (Å²) in [5.74, 6) is -0.837. The van der Waals surface area contributed by atoms with Crippen molar-refractivity contribution < 1.29 is 24.9 Å². The Morgan fingerprint density at radius 1 is 1.59 bits per heavy atom. The first-order valence-corrected chi connectivity index (χ1v) is 4.80. The molecular weight excluding hydrogens is 228 g/mol. The highest BCUT2D eigenvalue weighted by Crippen LogP contribution is 2.20. The Labute approximate surface area is 97.5 Å². The van der Waals surface area contributed by atoms with E-state index in [0.29, 0.717) is 5.56 Å². The second kappa shape index (κ2) is 5.58. The SMILES string of the molecule is COC(=O)C(O)C(O)c1cnc(N)c(CO)c1. The van der Waals surface area contributed by atoms with Gasteiger partial charge in [-0.3, -0.25) is 0 Å². The second-order valence-electron chi connectivity index (χ2n) is 3.38. The fourth-order valence-electron chi connectivity index (χ4n) is 1.26. The van der Waals surface area contributed by atoms with Crippen LogP contribution in [-0.4, -0.2) is 39.5 Å². The number of pyridine rings is 1. The van der Waals surface area contributed by atoms with Crippen LogP contribution in [0.3, 0.4) is 0 Å². The first-order chi connectivity index (χ1) is 8.01. The number of aliphatic hydroxyl groups is 3. The van der Waals surface area contributed by atoms with Crippen LogP contribution in [0.2, 0.25) is 0 Å². The van der Waals surface area contributed by atoms with E-state index in [1.54, 1.807) is 0 Å². The summed E-state index contributed by atoms with van der Waals surface area (Å²) in [7, 11) is 1.10. The number of aromatic nitrogens is 1. The highest BCUT2D eigenvalue weighted by Gasteiger charge is 2.27. The van der Waals surface area contributed by atoms with E-state index in [1.807, 2.05) is 0 Å². The Balaban J connectivity index is 2.96. The van der Waals surface area contributed by atoms with E-state index in [2.05, 4.69) is 9.72 Å². The summed E-state index contributed by atoms with van der Waals surface area (Å²) in [5, 5.41) is 28.1. The van der Waals surface area contributed by atoms with Gasteiger partial charge in [-0.1, -0.05) is 0 Å². The van der Waals surface area contributed by atoms with Crippen LogP contribution in [0.5, 0.6) is 0 Å². The molecule has 5 N–H and O–H groups in total. The van der Waals surface area contributed by atoms with Gasteiger partial charge in [0.2, 0.25) is 0 Å². The van der Waals surface area contributed by atoms with Gasteiger partial charge in [0.25, 0.3) is 0 Å². The predicted octanol–water partition coefficient (Wildman–Crippen LogP) is -1.28. The minimum atomic E-state index is -1.71. The zero-order chi connectivity index (χ0) is 13.0. The molecule has 0 amide bonds. The van der Waals surface area contributed by atoms with Gasteiger partial charge in [-0.05, 0) is 6.07 Å². The molecule has 7 nitrogen and oxygen atoms in total. The Hall–Kier alpha value is -1.70. The minimum absolute atomic E-state index is 0.121. The maximum atomic E-state index is 11.0. The number of carbonyl (C=O) groups is 1. The van der Waals surface area contributed by atoms with Crippen LogP contribution in [0.1, 0.15) is 17.2 Å². The van der Waals surface area contributed by atoms with Crippen LogP contribution in [0.25, 0.3) is 0 Å². The van der Waals surface area contributed by atoms with Crippen molar-refractivity contribution >= 4 is 11.8 Å². The number of anilines is 1. The predicted molar refractivity (Wildman–Crippen MR) is 57.6 cm³/mol. The van der Waals surface area contributed by atoms with Gasteiger partial charge in [0.1, 0.15) is 11.9 Å². The number of rotatable bonds is 4. The van der Waals surface area contributed by atoms with E-state index >= 15 is 0 Å². The molecule has 0 saturated carbocycles. The molecule has 1 heterocycles. The average Bonchev–Trinajstić information content (AvgIpc) is 2.36. The molecule has 2 atom stereocenters. The molecule has 0 aliphatic heterocycles. The molecule has 0 saturated heterocycles. The lowest BCUT2D eigenvalue weighted by atomic mass is 10.0. The Kier molecular flexibility index (Phi) is 4.38. The first kappa shape index (κ1) is 13.4. The normalized spacial score (nSPS) is 14.1. The molecule has 0 aliphatic carbocycles. The fourth-order valence-corrected chi connectivity index (χ4v) is 1.26. The second-order valence-corrected chi connectivity index (χ2v) is 3.38. The zero-order valence-corrected chi connectivity index (χ0v) is 9.20. The summed E-state index contributed by atoms with van der Waals surface area (Å²) in [6.07, 6.45) is -1.98. The van der Waals surface area contributed by atoms with E-state index < -0.39 is 18.2 Å². The van der Waals surface area contributed by atoms with E-state index in [0.717, 1.165) is 7.11 Å². The summed E-state index contributed by atoms with van der Waals surface area (Å²) >= 11 is 0. The lowest BCUT2D eigenvalue weighted by Crippen LogP contribution is -2.29. The number of hydrogen-bond acceptors (Lipinski definition) is 7. The number of esters is 1. The van der Waals surface area contributed by atoms with Crippen molar-refractivity contribution in [2.75, 3.05) is 12.8 Å². The third-order valence-electron chi connectivity index (χ3n) is 2.28. The first-order valence-electron chi connectivity index (χ1n) is 4.80. The number of methoxy groups -OCH3 is 1. The minimum Gasteiger partial charge on any atom is -0.467 e.